The number of amides is 2. The van der Waals surface area contributed by atoms with Crippen molar-refractivity contribution in [3.05, 3.63) is 25.3 Å². The number of rotatable bonds is 17. The number of ether oxygens (including phenoxy) is 1. The number of allylic oxidation sites excluding steroid dienone is 1. The molecule has 2 bridgehead atoms. The number of esters is 1. The molecule has 5 atom stereocenters. The molecular formula is C29H46N2O5S. The number of unbranched alkanes of at least 4 members (excludes halogenated alkanes) is 5. The van der Waals surface area contributed by atoms with Crippen LogP contribution in [0.25, 0.3) is 0 Å². The van der Waals surface area contributed by atoms with Crippen LogP contribution in [0.2, 0.25) is 0 Å². The van der Waals surface area contributed by atoms with Gasteiger partial charge in [-0.2, -0.15) is 0 Å². The fourth-order valence-corrected chi connectivity index (χ4v) is 8.86. The van der Waals surface area contributed by atoms with Gasteiger partial charge in [-0.3, -0.25) is 14.4 Å². The van der Waals surface area contributed by atoms with Crippen molar-refractivity contribution >= 4 is 29.5 Å². The van der Waals surface area contributed by atoms with Gasteiger partial charge in [0.15, 0.2) is 0 Å². The van der Waals surface area contributed by atoms with Crippen molar-refractivity contribution in [1.82, 2.24) is 9.80 Å². The third-order valence-corrected chi connectivity index (χ3v) is 10.3. The summed E-state index contributed by atoms with van der Waals surface area (Å²) in [7, 11) is 0. The monoisotopic (exact) mass is 534 g/mol. The normalized spacial score (nSPS) is 29.9. The van der Waals surface area contributed by atoms with Crippen LogP contribution in [0.15, 0.2) is 25.3 Å². The summed E-state index contributed by atoms with van der Waals surface area (Å²) in [6.45, 7) is 13.7. The number of hydrogen-bond acceptors (Lipinski definition) is 6. The molecular weight excluding hydrogens is 488 g/mol. The lowest BCUT2D eigenvalue weighted by Gasteiger charge is -2.37. The van der Waals surface area contributed by atoms with Gasteiger partial charge in [0.05, 0.1) is 23.2 Å². The molecule has 1 N–H and O–H groups in total. The van der Waals surface area contributed by atoms with Crippen LogP contribution in [-0.4, -0.2) is 81.1 Å². The average molecular weight is 535 g/mol. The first-order valence-corrected chi connectivity index (χ1v) is 14.9. The molecule has 0 aromatic carbocycles. The van der Waals surface area contributed by atoms with Crippen molar-refractivity contribution in [2.45, 2.75) is 93.6 Å². The Morgan fingerprint density at radius 3 is 2.62 bits per heavy atom. The van der Waals surface area contributed by atoms with E-state index in [4.69, 9.17) is 4.74 Å². The zero-order valence-corrected chi connectivity index (χ0v) is 23.6. The summed E-state index contributed by atoms with van der Waals surface area (Å²) in [6, 6.07) is -0.609. The fourth-order valence-electron chi connectivity index (χ4n) is 6.52. The largest absolute Gasteiger partial charge is 0.465 e. The molecule has 3 fully saturated rings. The van der Waals surface area contributed by atoms with Gasteiger partial charge < -0.3 is 19.6 Å². The van der Waals surface area contributed by atoms with Crippen molar-refractivity contribution < 1.29 is 24.2 Å². The number of nitrogens with zero attached hydrogens (tertiary/aromatic N) is 2. The molecule has 37 heavy (non-hydrogen) atoms. The fraction of sp³-hybridized carbons (Fsp3) is 0.759. The third-order valence-electron chi connectivity index (χ3n) is 8.31. The molecule has 3 rings (SSSR count). The van der Waals surface area contributed by atoms with Gasteiger partial charge in [-0.05, 0) is 58.3 Å². The van der Waals surface area contributed by atoms with E-state index in [1.165, 1.54) is 0 Å². The molecule has 0 saturated carbocycles. The van der Waals surface area contributed by atoms with Crippen molar-refractivity contribution in [3.63, 3.8) is 0 Å². The molecule has 1 spiro atoms. The number of carbonyl (C=O) groups excluding carboxylic acids is 3. The van der Waals surface area contributed by atoms with Crippen molar-refractivity contribution in [2.24, 2.45) is 11.8 Å². The number of aliphatic hydroxyl groups is 1. The van der Waals surface area contributed by atoms with Gasteiger partial charge in [-0.1, -0.05) is 31.9 Å². The van der Waals surface area contributed by atoms with Crippen LogP contribution in [0.3, 0.4) is 0 Å². The highest BCUT2D eigenvalue weighted by atomic mass is 32.2. The van der Waals surface area contributed by atoms with E-state index in [9.17, 15) is 19.5 Å². The van der Waals surface area contributed by atoms with Crippen LogP contribution in [0.5, 0.6) is 0 Å². The van der Waals surface area contributed by atoms with E-state index in [1.807, 2.05) is 11.0 Å². The predicted octanol–water partition coefficient (Wildman–Crippen LogP) is 4.34. The van der Waals surface area contributed by atoms with Crippen LogP contribution >= 0.6 is 11.8 Å². The van der Waals surface area contributed by atoms with E-state index in [0.29, 0.717) is 39.1 Å². The Morgan fingerprint density at radius 1 is 1.16 bits per heavy atom. The van der Waals surface area contributed by atoms with Crippen molar-refractivity contribution in [2.75, 3.05) is 32.8 Å². The Kier molecular flexibility index (Phi) is 10.7. The maximum Gasteiger partial charge on any atom is 0.311 e. The van der Waals surface area contributed by atoms with E-state index < -0.39 is 27.4 Å². The maximum atomic E-state index is 14.2. The molecule has 208 valence electrons. The summed E-state index contributed by atoms with van der Waals surface area (Å²) < 4.78 is 4.68. The average Bonchev–Trinajstić information content (AvgIpc) is 3.44. The number of likely N-dealkylation sites (tertiary alicyclic amines) is 1. The lowest BCUT2D eigenvalue weighted by molar-refractivity contribution is -0.155. The highest BCUT2D eigenvalue weighted by Crippen LogP contribution is 2.71. The van der Waals surface area contributed by atoms with Crippen LogP contribution in [0.4, 0.5) is 0 Å². The molecule has 3 heterocycles. The molecule has 3 aliphatic heterocycles. The third kappa shape index (κ3) is 5.95. The van der Waals surface area contributed by atoms with Crippen molar-refractivity contribution in [3.8, 4) is 0 Å². The Labute approximate surface area is 227 Å². The van der Waals surface area contributed by atoms with Crippen LogP contribution in [0, 0.1) is 11.8 Å². The zero-order chi connectivity index (χ0) is 27.1. The van der Waals surface area contributed by atoms with Gasteiger partial charge in [-0.25, -0.2) is 0 Å². The van der Waals surface area contributed by atoms with Gasteiger partial charge in [-0.15, -0.1) is 24.9 Å². The molecule has 0 aliphatic carbocycles. The summed E-state index contributed by atoms with van der Waals surface area (Å²) >= 11 is 1.68. The summed E-state index contributed by atoms with van der Waals surface area (Å²) in [5, 5.41) is 9.35. The molecule has 2 unspecified atom stereocenters. The second-order valence-electron chi connectivity index (χ2n) is 10.9. The Hall–Kier alpha value is -1.80. The van der Waals surface area contributed by atoms with E-state index >= 15 is 0 Å². The first-order valence-electron chi connectivity index (χ1n) is 14.1. The van der Waals surface area contributed by atoms with Gasteiger partial charge >= 0.3 is 5.97 Å². The second kappa shape index (κ2) is 13.3. The van der Waals surface area contributed by atoms with Gasteiger partial charge in [0.2, 0.25) is 11.8 Å². The lowest BCUT2D eigenvalue weighted by Crippen LogP contribution is -2.55. The highest BCUT2D eigenvalue weighted by molar-refractivity contribution is 8.02. The number of hydrogen-bond donors (Lipinski definition) is 1. The second-order valence-corrected chi connectivity index (χ2v) is 12.8. The molecule has 8 heteroatoms. The van der Waals surface area contributed by atoms with Crippen molar-refractivity contribution in [1.29, 1.82) is 0 Å². The van der Waals surface area contributed by atoms with Crippen LogP contribution < -0.4 is 0 Å². The first kappa shape index (κ1) is 29.8. The number of carbonyl (C=O) groups is 3. The van der Waals surface area contributed by atoms with Crippen LogP contribution in [0.1, 0.15) is 78.1 Å². The molecule has 3 aliphatic rings. The van der Waals surface area contributed by atoms with Gasteiger partial charge in [0, 0.05) is 31.0 Å². The molecule has 3 saturated heterocycles. The van der Waals surface area contributed by atoms with E-state index in [1.54, 1.807) is 22.7 Å². The van der Waals surface area contributed by atoms with E-state index in [-0.39, 0.29) is 24.4 Å². The molecule has 0 aromatic rings. The quantitative estimate of drug-likeness (QED) is 0.170. The summed E-state index contributed by atoms with van der Waals surface area (Å²) in [5.41, 5.74) is 0. The minimum atomic E-state index is -0.626. The van der Waals surface area contributed by atoms with E-state index in [0.717, 1.165) is 51.4 Å². The van der Waals surface area contributed by atoms with Gasteiger partial charge in [0.1, 0.15) is 6.04 Å². The lowest BCUT2D eigenvalue weighted by atomic mass is 9.66. The summed E-state index contributed by atoms with van der Waals surface area (Å²) in [6.07, 6.45) is 11.9. The standard InChI is InChI=1S/C29H46N2O5S/c1-5-8-10-14-21-36-27(35)23-22-25(33)31(19-12-13-20-32)24(29(22)16-15-28(23,4)37-29)26(34)30(17-7-3)18-11-9-6-2/h5,7,22-24,32H,1,3,6,8-21H2,2,4H3/t22-,23+,24?,28-,29?/m0/s1. The Balaban J connectivity index is 1.90. The predicted molar refractivity (Wildman–Crippen MR) is 148 cm³/mol. The smallest absolute Gasteiger partial charge is 0.311 e. The Morgan fingerprint density at radius 2 is 1.95 bits per heavy atom. The minimum Gasteiger partial charge on any atom is -0.465 e. The van der Waals surface area contributed by atoms with E-state index in [2.05, 4.69) is 27.0 Å². The summed E-state index contributed by atoms with van der Waals surface area (Å²) in [4.78, 5) is 45.3. The highest BCUT2D eigenvalue weighted by Gasteiger charge is 2.77. The van der Waals surface area contributed by atoms with Crippen LogP contribution in [-0.2, 0) is 19.1 Å². The Bertz CT molecular complexity index is 850. The maximum absolute atomic E-state index is 14.2. The van der Waals surface area contributed by atoms with Gasteiger partial charge in [0.25, 0.3) is 0 Å². The molecule has 7 nitrogen and oxygen atoms in total. The topological polar surface area (TPSA) is 87.1 Å². The summed E-state index contributed by atoms with van der Waals surface area (Å²) in [5.74, 6) is -1.55. The number of fused-ring (bicyclic) bond motifs is 1. The molecule has 0 aromatic heterocycles. The molecule has 0 radical (unpaired) electrons. The molecule has 2 amide bonds. The first-order chi connectivity index (χ1) is 17.8. The number of aliphatic hydroxyl groups excluding tert-OH is 1. The SMILES string of the molecule is C=CCCCCOC(=O)[C@H]1[C@H]2C(=O)N(CCCCO)C(C(=O)N(CC=C)CCCCC)C23CC[C@]1(C)S3. The minimum absolute atomic E-state index is 0.0361. The zero-order valence-electron chi connectivity index (χ0n) is 22.8. The number of thioether (sulfide) groups is 1.